The van der Waals surface area contributed by atoms with Gasteiger partial charge in [0.2, 0.25) is 5.91 Å². The summed E-state index contributed by atoms with van der Waals surface area (Å²) in [4.78, 5) is 33.0. The fourth-order valence-electron chi connectivity index (χ4n) is 2.29. The number of nitrogens with zero attached hydrogens (tertiary/aromatic N) is 4. The van der Waals surface area contributed by atoms with E-state index in [1.54, 1.807) is 25.7 Å². The molecule has 8 heteroatoms. The number of nitrogens with one attached hydrogen (secondary N) is 1. The van der Waals surface area contributed by atoms with Crippen molar-refractivity contribution in [2.75, 3.05) is 14.1 Å². The van der Waals surface area contributed by atoms with Crippen molar-refractivity contribution in [2.45, 2.75) is 17.3 Å². The van der Waals surface area contributed by atoms with E-state index in [1.165, 1.54) is 22.9 Å². The van der Waals surface area contributed by atoms with Crippen LogP contribution in [0.5, 0.6) is 0 Å². The smallest absolute Gasteiger partial charge is 0.262 e. The van der Waals surface area contributed by atoms with E-state index in [4.69, 9.17) is 0 Å². The molecular weight excluding hydrogens is 326 g/mol. The van der Waals surface area contributed by atoms with E-state index in [9.17, 15) is 9.59 Å². The summed E-state index contributed by atoms with van der Waals surface area (Å²) in [6, 6.07) is 9.47. The van der Waals surface area contributed by atoms with Gasteiger partial charge in [-0.25, -0.2) is 9.67 Å². The number of H-pyrrole nitrogens is 1. The summed E-state index contributed by atoms with van der Waals surface area (Å²) < 4.78 is 1.62. The highest BCUT2D eigenvalue weighted by Gasteiger charge is 2.19. The predicted octanol–water partition coefficient (Wildman–Crippen LogP) is 1.68. The SMILES string of the molecule is C[C@H](Sc1nc2c(cnn2-c2ccccc2)c(=O)[nH]1)C(=O)N(C)C. The van der Waals surface area contributed by atoms with E-state index in [2.05, 4.69) is 15.1 Å². The molecule has 0 bridgehead atoms. The Morgan fingerprint density at radius 3 is 2.67 bits per heavy atom. The molecule has 24 heavy (non-hydrogen) atoms. The van der Waals surface area contributed by atoms with Crippen LogP contribution in [-0.4, -0.2) is 49.9 Å². The van der Waals surface area contributed by atoms with Crippen LogP contribution in [0.3, 0.4) is 0 Å². The molecule has 0 saturated carbocycles. The zero-order valence-corrected chi connectivity index (χ0v) is 14.4. The van der Waals surface area contributed by atoms with Gasteiger partial charge in [-0.05, 0) is 19.1 Å². The van der Waals surface area contributed by atoms with Gasteiger partial charge in [-0.1, -0.05) is 30.0 Å². The summed E-state index contributed by atoms with van der Waals surface area (Å²) in [6.07, 6.45) is 1.50. The van der Waals surface area contributed by atoms with Gasteiger partial charge in [0.15, 0.2) is 10.8 Å². The molecular formula is C16H17N5O2S. The molecule has 1 N–H and O–H groups in total. The molecule has 3 aromatic rings. The third-order valence-corrected chi connectivity index (χ3v) is 4.47. The van der Waals surface area contributed by atoms with Crippen molar-refractivity contribution < 1.29 is 4.79 Å². The Bertz CT molecular complexity index is 933. The number of para-hydroxylation sites is 1. The second-order valence-corrected chi connectivity index (χ2v) is 6.82. The summed E-state index contributed by atoms with van der Waals surface area (Å²) >= 11 is 1.22. The predicted molar refractivity (Wildman–Crippen MR) is 93.5 cm³/mol. The number of benzene rings is 1. The van der Waals surface area contributed by atoms with Gasteiger partial charge in [-0.2, -0.15) is 5.10 Å². The van der Waals surface area contributed by atoms with Gasteiger partial charge in [0.1, 0.15) is 5.39 Å². The lowest BCUT2D eigenvalue weighted by Crippen LogP contribution is -2.30. The molecule has 3 rings (SSSR count). The molecule has 124 valence electrons. The first-order valence-corrected chi connectivity index (χ1v) is 8.26. The zero-order valence-electron chi connectivity index (χ0n) is 13.6. The van der Waals surface area contributed by atoms with E-state index in [-0.39, 0.29) is 16.7 Å². The minimum Gasteiger partial charge on any atom is -0.348 e. The number of rotatable bonds is 4. The lowest BCUT2D eigenvalue weighted by atomic mass is 10.3. The van der Waals surface area contributed by atoms with Gasteiger partial charge in [0.05, 0.1) is 17.1 Å². The van der Waals surface area contributed by atoms with Gasteiger partial charge < -0.3 is 9.88 Å². The van der Waals surface area contributed by atoms with Crippen molar-refractivity contribution in [3.05, 3.63) is 46.9 Å². The average Bonchev–Trinajstić information content (AvgIpc) is 2.99. The standard InChI is InChI=1S/C16H17N5O2S/c1-10(15(23)20(2)3)24-16-18-13-12(14(22)19-16)9-17-21(13)11-7-5-4-6-8-11/h4-10H,1-3H3,(H,18,19,22)/t10-/m0/s1. The fraction of sp³-hybridized carbons (Fsp3) is 0.250. The van der Waals surface area contributed by atoms with Gasteiger partial charge in [-0.15, -0.1) is 0 Å². The minimum atomic E-state index is -0.353. The van der Waals surface area contributed by atoms with Gasteiger partial charge in [-0.3, -0.25) is 9.59 Å². The highest BCUT2D eigenvalue weighted by molar-refractivity contribution is 8.00. The summed E-state index contributed by atoms with van der Waals surface area (Å²) in [5.74, 6) is -0.0423. The van der Waals surface area contributed by atoms with Crippen molar-refractivity contribution in [1.29, 1.82) is 0 Å². The molecule has 1 amide bonds. The molecule has 1 atom stereocenters. The van der Waals surface area contributed by atoms with E-state index >= 15 is 0 Å². The summed E-state index contributed by atoms with van der Waals surface area (Å²) in [6.45, 7) is 1.78. The van der Waals surface area contributed by atoms with Crippen molar-refractivity contribution in [3.63, 3.8) is 0 Å². The summed E-state index contributed by atoms with van der Waals surface area (Å²) in [5, 5.41) is 4.71. The summed E-state index contributed by atoms with van der Waals surface area (Å²) in [5.41, 5.74) is 1.02. The molecule has 1 aromatic carbocycles. The number of carbonyl (C=O) groups is 1. The molecule has 0 aliphatic carbocycles. The van der Waals surface area contributed by atoms with Crippen LogP contribution >= 0.6 is 11.8 Å². The first-order chi connectivity index (χ1) is 11.5. The van der Waals surface area contributed by atoms with E-state index < -0.39 is 0 Å². The largest absolute Gasteiger partial charge is 0.348 e. The Morgan fingerprint density at radius 1 is 1.29 bits per heavy atom. The molecule has 0 spiro atoms. The first-order valence-electron chi connectivity index (χ1n) is 7.38. The Morgan fingerprint density at radius 2 is 2.00 bits per heavy atom. The highest BCUT2D eigenvalue weighted by Crippen LogP contribution is 2.22. The molecule has 2 heterocycles. The van der Waals surface area contributed by atoms with E-state index in [0.29, 0.717) is 16.2 Å². The number of thioether (sulfide) groups is 1. The Hall–Kier alpha value is -2.61. The van der Waals surface area contributed by atoms with Crippen LogP contribution < -0.4 is 5.56 Å². The monoisotopic (exact) mass is 343 g/mol. The average molecular weight is 343 g/mol. The second-order valence-electron chi connectivity index (χ2n) is 5.49. The number of hydrogen-bond donors (Lipinski definition) is 1. The fourth-order valence-corrected chi connectivity index (χ4v) is 3.23. The van der Waals surface area contributed by atoms with Crippen LogP contribution in [0.25, 0.3) is 16.7 Å². The quantitative estimate of drug-likeness (QED) is 0.575. The second kappa shape index (κ2) is 6.48. The van der Waals surface area contributed by atoms with Crippen LogP contribution in [0, 0.1) is 0 Å². The van der Waals surface area contributed by atoms with Crippen molar-refractivity contribution in [1.82, 2.24) is 24.6 Å². The van der Waals surface area contributed by atoms with Crippen molar-refractivity contribution >= 4 is 28.7 Å². The third kappa shape index (κ3) is 3.05. The van der Waals surface area contributed by atoms with Crippen LogP contribution in [0.15, 0.2) is 46.5 Å². The van der Waals surface area contributed by atoms with Gasteiger partial charge in [0.25, 0.3) is 5.56 Å². The molecule has 0 saturated heterocycles. The van der Waals surface area contributed by atoms with Gasteiger partial charge in [0, 0.05) is 14.1 Å². The van der Waals surface area contributed by atoms with Crippen molar-refractivity contribution in [2.24, 2.45) is 0 Å². The lowest BCUT2D eigenvalue weighted by Gasteiger charge is -2.15. The van der Waals surface area contributed by atoms with E-state index in [1.807, 2.05) is 30.3 Å². The van der Waals surface area contributed by atoms with Crippen LogP contribution in [0.4, 0.5) is 0 Å². The number of amides is 1. The number of fused-ring (bicyclic) bond motifs is 1. The number of aromatic amines is 1. The lowest BCUT2D eigenvalue weighted by molar-refractivity contribution is -0.127. The molecule has 7 nitrogen and oxygen atoms in total. The number of aromatic nitrogens is 4. The Labute approximate surface area is 142 Å². The topological polar surface area (TPSA) is 83.9 Å². The maximum Gasteiger partial charge on any atom is 0.262 e. The van der Waals surface area contributed by atoms with Crippen LogP contribution in [0.2, 0.25) is 0 Å². The first kappa shape index (κ1) is 16.3. The van der Waals surface area contributed by atoms with Crippen LogP contribution in [-0.2, 0) is 4.79 Å². The van der Waals surface area contributed by atoms with Gasteiger partial charge >= 0.3 is 0 Å². The Kier molecular flexibility index (Phi) is 4.39. The molecule has 2 aromatic heterocycles. The third-order valence-electron chi connectivity index (χ3n) is 3.49. The van der Waals surface area contributed by atoms with E-state index in [0.717, 1.165) is 5.69 Å². The zero-order chi connectivity index (χ0) is 17.3. The molecule has 0 unspecified atom stereocenters. The normalized spacial score (nSPS) is 12.3. The molecule has 0 aliphatic rings. The summed E-state index contributed by atoms with van der Waals surface area (Å²) in [7, 11) is 3.40. The molecule has 0 radical (unpaired) electrons. The number of carbonyl (C=O) groups excluding carboxylic acids is 1. The Balaban J connectivity index is 2.03. The highest BCUT2D eigenvalue weighted by atomic mass is 32.2. The maximum absolute atomic E-state index is 12.3. The number of hydrogen-bond acceptors (Lipinski definition) is 5. The maximum atomic E-state index is 12.3. The molecule has 0 fully saturated rings. The minimum absolute atomic E-state index is 0.0423. The van der Waals surface area contributed by atoms with Crippen LogP contribution in [0.1, 0.15) is 6.92 Å². The molecule has 0 aliphatic heterocycles. The van der Waals surface area contributed by atoms with Crippen molar-refractivity contribution in [3.8, 4) is 5.69 Å².